The van der Waals surface area contributed by atoms with E-state index in [1.54, 1.807) is 13.8 Å². The lowest BCUT2D eigenvalue weighted by molar-refractivity contribution is 0.0823. The first-order chi connectivity index (χ1) is 7.13. The van der Waals surface area contributed by atoms with Gasteiger partial charge in [0, 0.05) is 6.20 Å². The first-order valence-electron chi connectivity index (χ1n) is 4.16. The molecule has 16 heavy (non-hydrogen) atoms. The summed E-state index contributed by atoms with van der Waals surface area (Å²) in [6.07, 6.45) is 1.34. The topological polar surface area (TPSA) is 132 Å². The molecule has 0 fully saturated rings. The lowest BCUT2D eigenvalue weighted by Crippen LogP contribution is -2.17. The minimum absolute atomic E-state index is 0.0385. The third-order valence-corrected chi connectivity index (χ3v) is 4.69. The van der Waals surface area contributed by atoms with Gasteiger partial charge in [-0.2, -0.15) is 0 Å². The summed E-state index contributed by atoms with van der Waals surface area (Å²) in [5.74, 6) is 0. The predicted molar refractivity (Wildman–Crippen MR) is 60.0 cm³/mol. The van der Waals surface area contributed by atoms with E-state index in [1.807, 2.05) is 0 Å². The van der Waals surface area contributed by atoms with Crippen molar-refractivity contribution in [2.24, 2.45) is 15.2 Å². The highest BCUT2D eigenvalue weighted by Gasteiger charge is 2.22. The molecule has 1 aromatic heterocycles. The maximum atomic E-state index is 11.7. The smallest absolute Gasteiger partial charge is 0.347 e. The molecule has 0 bridgehead atoms. The van der Waals surface area contributed by atoms with Crippen LogP contribution >= 0.6 is 11.3 Å². The van der Waals surface area contributed by atoms with Crippen molar-refractivity contribution in [3.63, 3.8) is 0 Å². The Morgan fingerprint density at radius 2 is 2.25 bits per heavy atom. The number of carbonyl (C=O) groups is 1. The lowest BCUT2D eigenvalue weighted by Gasteiger charge is -2.12. The molecule has 0 saturated heterocycles. The Morgan fingerprint density at radius 3 is 2.62 bits per heavy atom. The Morgan fingerprint density at radius 1 is 1.69 bits per heavy atom. The largest absolute Gasteiger partial charge is 0.385 e. The van der Waals surface area contributed by atoms with Crippen molar-refractivity contribution >= 4 is 27.3 Å². The summed E-state index contributed by atoms with van der Waals surface area (Å²) in [5.41, 5.74) is 3.66. The molecule has 0 radical (unpaired) electrons. The molecule has 1 unspecified atom stereocenters. The fourth-order valence-corrected chi connectivity index (χ4v) is 2.91. The van der Waals surface area contributed by atoms with E-state index in [1.165, 1.54) is 6.20 Å². The number of nitrogens with zero attached hydrogens (tertiary/aromatic N) is 2. The molecule has 0 aliphatic rings. The van der Waals surface area contributed by atoms with Crippen LogP contribution in [0.15, 0.2) is 14.9 Å². The Balaban J connectivity index is 3.23. The van der Waals surface area contributed by atoms with E-state index >= 15 is 0 Å². The van der Waals surface area contributed by atoms with E-state index in [4.69, 9.17) is 10.9 Å². The molecule has 1 aromatic rings. The normalized spacial score (nSPS) is 15.5. The minimum Gasteiger partial charge on any atom is -0.385 e. The number of urea groups is 1. The second-order valence-corrected chi connectivity index (χ2v) is 6.54. The Bertz CT molecular complexity index is 522. The predicted octanol–water partition coefficient (Wildman–Crippen LogP) is 0.150. The maximum absolute atomic E-state index is 11.7. The second kappa shape index (κ2) is 4.09. The van der Waals surface area contributed by atoms with E-state index in [2.05, 4.69) is 9.35 Å². The standard InChI is InChI=1S/C7H12N4O3S2/c1-7(2,13)4-3-10-6(15-4)16(9,14)11-5(8)12/h3,13H,1-2H3,(H4,8,9,11,12,14). The zero-order valence-corrected chi connectivity index (χ0v) is 10.3. The molecule has 0 saturated carbocycles. The van der Waals surface area contributed by atoms with E-state index in [0.29, 0.717) is 4.88 Å². The number of hydrogen-bond donors (Lipinski definition) is 3. The molecule has 9 heteroatoms. The Labute approximate surface area is 96.8 Å². The fourth-order valence-electron chi connectivity index (χ4n) is 0.849. The molecular formula is C7H12N4O3S2. The summed E-state index contributed by atoms with van der Waals surface area (Å²) >= 11 is 0.926. The second-order valence-electron chi connectivity index (χ2n) is 3.55. The van der Waals surface area contributed by atoms with Gasteiger partial charge in [0.05, 0.1) is 10.5 Å². The number of rotatable bonds is 2. The van der Waals surface area contributed by atoms with Gasteiger partial charge in [0.15, 0.2) is 9.92 Å². The van der Waals surface area contributed by atoms with Crippen LogP contribution in [-0.4, -0.2) is 20.3 Å². The van der Waals surface area contributed by atoms with Gasteiger partial charge in [-0.1, -0.05) is 0 Å². The van der Waals surface area contributed by atoms with Gasteiger partial charge in [-0.05, 0) is 13.8 Å². The van der Waals surface area contributed by atoms with Crippen molar-refractivity contribution < 1.29 is 14.1 Å². The Kier molecular flexibility index (Phi) is 3.33. The number of carbonyl (C=O) groups excluding carboxylic acids is 1. The monoisotopic (exact) mass is 264 g/mol. The summed E-state index contributed by atoms with van der Waals surface area (Å²) in [5, 5.41) is 15.0. The number of aliphatic hydroxyl groups is 1. The van der Waals surface area contributed by atoms with Gasteiger partial charge in [-0.25, -0.2) is 19.1 Å². The SMILES string of the molecule is CC(C)(O)c1cnc(S(N)(=O)=NC(N)=O)s1. The molecule has 7 nitrogen and oxygen atoms in total. The summed E-state index contributed by atoms with van der Waals surface area (Å²) in [6, 6.07) is -1.12. The quantitative estimate of drug-likeness (QED) is 0.701. The molecule has 5 N–H and O–H groups in total. The van der Waals surface area contributed by atoms with Crippen molar-refractivity contribution in [2.75, 3.05) is 0 Å². The van der Waals surface area contributed by atoms with E-state index in [0.717, 1.165) is 11.3 Å². The first kappa shape index (κ1) is 13.0. The highest BCUT2D eigenvalue weighted by Crippen LogP contribution is 2.27. The first-order valence-corrected chi connectivity index (χ1v) is 6.55. The highest BCUT2D eigenvalue weighted by atomic mass is 32.2. The van der Waals surface area contributed by atoms with Gasteiger partial charge in [0.2, 0.25) is 4.34 Å². The molecule has 1 atom stereocenters. The molecule has 0 aliphatic carbocycles. The van der Waals surface area contributed by atoms with Gasteiger partial charge >= 0.3 is 6.03 Å². The third-order valence-electron chi connectivity index (χ3n) is 1.56. The van der Waals surface area contributed by atoms with Crippen LogP contribution in [0.3, 0.4) is 0 Å². The molecule has 0 aliphatic heterocycles. The number of primary amides is 1. The zero-order valence-electron chi connectivity index (χ0n) is 8.71. The van der Waals surface area contributed by atoms with Gasteiger partial charge in [-0.3, -0.25) is 0 Å². The summed E-state index contributed by atoms with van der Waals surface area (Å²) in [4.78, 5) is 14.8. The van der Waals surface area contributed by atoms with Gasteiger partial charge in [0.1, 0.15) is 0 Å². The van der Waals surface area contributed by atoms with Crippen LogP contribution in [0.25, 0.3) is 0 Å². The molecule has 0 spiro atoms. The van der Waals surface area contributed by atoms with Crippen molar-refractivity contribution in [3.05, 3.63) is 11.1 Å². The zero-order chi connectivity index (χ0) is 12.6. The van der Waals surface area contributed by atoms with E-state index in [9.17, 15) is 14.1 Å². The van der Waals surface area contributed by atoms with Crippen LogP contribution in [0.4, 0.5) is 4.79 Å². The van der Waals surface area contributed by atoms with Crippen molar-refractivity contribution in [1.82, 2.24) is 4.98 Å². The minimum atomic E-state index is -3.40. The van der Waals surface area contributed by atoms with Gasteiger partial charge < -0.3 is 10.8 Å². The van der Waals surface area contributed by atoms with E-state index in [-0.39, 0.29) is 4.34 Å². The molecular weight excluding hydrogens is 252 g/mol. The fraction of sp³-hybridized carbons (Fsp3) is 0.429. The van der Waals surface area contributed by atoms with Gasteiger partial charge in [0.25, 0.3) is 0 Å². The van der Waals surface area contributed by atoms with Crippen LogP contribution in [0, 0.1) is 0 Å². The molecule has 1 heterocycles. The van der Waals surface area contributed by atoms with Gasteiger partial charge in [-0.15, -0.1) is 15.7 Å². The van der Waals surface area contributed by atoms with Crippen molar-refractivity contribution in [2.45, 2.75) is 23.8 Å². The maximum Gasteiger partial charge on any atom is 0.347 e. The van der Waals surface area contributed by atoms with E-state index < -0.39 is 21.5 Å². The highest BCUT2D eigenvalue weighted by molar-refractivity contribution is 7.93. The average Bonchev–Trinajstić information content (AvgIpc) is 2.47. The average molecular weight is 264 g/mol. The molecule has 1 rings (SSSR count). The summed E-state index contributed by atoms with van der Waals surface area (Å²) in [6.45, 7) is 3.10. The van der Waals surface area contributed by atoms with Crippen LogP contribution in [0.1, 0.15) is 18.7 Å². The number of amides is 2. The van der Waals surface area contributed by atoms with Crippen molar-refractivity contribution in [1.29, 1.82) is 0 Å². The third kappa shape index (κ3) is 2.98. The van der Waals surface area contributed by atoms with Crippen LogP contribution in [-0.2, 0) is 15.5 Å². The van der Waals surface area contributed by atoms with Crippen LogP contribution in [0.5, 0.6) is 0 Å². The molecule has 0 aromatic carbocycles. The summed E-state index contributed by atoms with van der Waals surface area (Å²) < 4.78 is 14.8. The van der Waals surface area contributed by atoms with Crippen LogP contribution in [0.2, 0.25) is 0 Å². The number of hydrogen-bond acceptors (Lipinski definition) is 5. The number of aromatic nitrogens is 1. The van der Waals surface area contributed by atoms with Crippen LogP contribution < -0.4 is 10.9 Å². The summed E-state index contributed by atoms with van der Waals surface area (Å²) in [7, 11) is -3.40. The number of nitrogens with two attached hydrogens (primary N) is 2. The lowest BCUT2D eigenvalue weighted by atomic mass is 10.1. The molecule has 90 valence electrons. The molecule has 2 amide bonds. The number of thiazole rings is 1. The Hall–Kier alpha value is -1.03. The van der Waals surface area contributed by atoms with Crippen molar-refractivity contribution in [3.8, 4) is 0 Å².